The number of halogens is 1. The summed E-state index contributed by atoms with van der Waals surface area (Å²) in [6.07, 6.45) is 0.838. The van der Waals surface area contributed by atoms with Crippen LogP contribution in [0.3, 0.4) is 0 Å². The highest BCUT2D eigenvalue weighted by Crippen LogP contribution is 2.21. The maximum absolute atomic E-state index is 6.21. The third-order valence-electron chi connectivity index (χ3n) is 4.15. The van der Waals surface area contributed by atoms with E-state index < -0.39 is 0 Å². The van der Waals surface area contributed by atoms with Crippen LogP contribution in [-0.4, -0.2) is 65.6 Å². The van der Waals surface area contributed by atoms with Crippen LogP contribution in [0, 0.1) is 6.92 Å². The first kappa shape index (κ1) is 16.5. The van der Waals surface area contributed by atoms with Crippen LogP contribution in [0.2, 0.25) is 5.15 Å². The summed E-state index contributed by atoms with van der Waals surface area (Å²) in [6.45, 7) is 11.6. The van der Waals surface area contributed by atoms with E-state index in [0.717, 1.165) is 50.5 Å². The first-order valence-corrected chi connectivity index (χ1v) is 8.08. The van der Waals surface area contributed by atoms with Crippen molar-refractivity contribution in [2.75, 3.05) is 45.1 Å². The number of rotatable bonds is 5. The molecule has 2 rings (SSSR count). The Kier molecular flexibility index (Phi) is 5.79. The molecule has 1 fully saturated rings. The molecular formula is C15H26ClN5. The van der Waals surface area contributed by atoms with E-state index in [1.807, 2.05) is 6.92 Å². The van der Waals surface area contributed by atoms with Crippen molar-refractivity contribution in [3.05, 3.63) is 16.5 Å². The van der Waals surface area contributed by atoms with Gasteiger partial charge in [0.25, 0.3) is 0 Å². The van der Waals surface area contributed by atoms with Gasteiger partial charge in [-0.15, -0.1) is 0 Å². The van der Waals surface area contributed by atoms with Gasteiger partial charge in [0.1, 0.15) is 16.8 Å². The molecule has 1 aliphatic heterocycles. The van der Waals surface area contributed by atoms with Crippen LogP contribution in [0.1, 0.15) is 25.2 Å². The largest absolute Gasteiger partial charge is 0.368 e. The Balaban J connectivity index is 1.96. The number of likely N-dealkylation sites (N-methyl/N-ethyl adjacent to an activating group) is 1. The van der Waals surface area contributed by atoms with Gasteiger partial charge in [-0.2, -0.15) is 0 Å². The van der Waals surface area contributed by atoms with Crippen molar-refractivity contribution in [3.63, 3.8) is 0 Å². The zero-order chi connectivity index (χ0) is 15.4. The van der Waals surface area contributed by atoms with Crippen LogP contribution in [0.5, 0.6) is 0 Å². The fourth-order valence-electron chi connectivity index (χ4n) is 2.66. The van der Waals surface area contributed by atoms with Gasteiger partial charge in [0.05, 0.1) is 0 Å². The molecule has 1 saturated heterocycles. The Labute approximate surface area is 132 Å². The average Bonchev–Trinajstić information content (AvgIpc) is 2.45. The van der Waals surface area contributed by atoms with E-state index in [2.05, 4.69) is 46.0 Å². The van der Waals surface area contributed by atoms with E-state index >= 15 is 0 Å². The van der Waals surface area contributed by atoms with Crippen molar-refractivity contribution in [3.8, 4) is 0 Å². The minimum Gasteiger partial charge on any atom is -0.368 e. The summed E-state index contributed by atoms with van der Waals surface area (Å²) in [5.74, 6) is 1.60. The Bertz CT molecular complexity index is 471. The van der Waals surface area contributed by atoms with E-state index in [-0.39, 0.29) is 0 Å². The zero-order valence-corrected chi connectivity index (χ0v) is 14.2. The van der Waals surface area contributed by atoms with E-state index in [9.17, 15) is 0 Å². The topological polar surface area (TPSA) is 44.3 Å². The molecule has 21 heavy (non-hydrogen) atoms. The smallest absolute Gasteiger partial charge is 0.138 e. The van der Waals surface area contributed by atoms with Crippen LogP contribution in [0.4, 0.5) is 5.82 Å². The standard InChI is InChI=1S/C15H26ClN5/c1-5-13-14(16)18-12(3)19-15(13)17-10-11(2)21-8-6-20(4)7-9-21/h11H,5-10H2,1-4H3,(H,17,18,19). The second kappa shape index (κ2) is 7.38. The Morgan fingerprint density at radius 3 is 2.52 bits per heavy atom. The molecule has 1 aromatic heterocycles. The van der Waals surface area contributed by atoms with Crippen LogP contribution in [0.15, 0.2) is 0 Å². The summed E-state index contributed by atoms with van der Waals surface area (Å²) < 4.78 is 0. The molecule has 1 atom stereocenters. The van der Waals surface area contributed by atoms with Crippen molar-refractivity contribution < 1.29 is 0 Å². The molecule has 0 radical (unpaired) electrons. The van der Waals surface area contributed by atoms with Crippen LogP contribution in [-0.2, 0) is 6.42 Å². The zero-order valence-electron chi connectivity index (χ0n) is 13.5. The van der Waals surface area contributed by atoms with E-state index in [0.29, 0.717) is 17.0 Å². The number of nitrogens with zero attached hydrogens (tertiary/aromatic N) is 4. The lowest BCUT2D eigenvalue weighted by molar-refractivity contribution is 0.123. The summed E-state index contributed by atoms with van der Waals surface area (Å²) in [6, 6.07) is 0.484. The highest BCUT2D eigenvalue weighted by atomic mass is 35.5. The summed E-state index contributed by atoms with van der Waals surface area (Å²) >= 11 is 6.21. The molecule has 1 N–H and O–H groups in total. The SMILES string of the molecule is CCc1c(Cl)nc(C)nc1NCC(C)N1CCN(C)CC1. The first-order valence-electron chi connectivity index (χ1n) is 7.70. The van der Waals surface area contributed by atoms with Gasteiger partial charge in [-0.05, 0) is 27.3 Å². The predicted molar refractivity (Wildman–Crippen MR) is 88.2 cm³/mol. The summed E-state index contributed by atoms with van der Waals surface area (Å²) in [7, 11) is 2.18. The average molecular weight is 312 g/mol. The minimum absolute atomic E-state index is 0.484. The van der Waals surface area contributed by atoms with Gasteiger partial charge in [0.15, 0.2) is 0 Å². The lowest BCUT2D eigenvalue weighted by Crippen LogP contribution is -2.50. The maximum atomic E-state index is 6.21. The van der Waals surface area contributed by atoms with Gasteiger partial charge in [0, 0.05) is 44.3 Å². The second-order valence-corrected chi connectivity index (χ2v) is 6.17. The quantitative estimate of drug-likeness (QED) is 0.843. The van der Waals surface area contributed by atoms with Crippen LogP contribution in [0.25, 0.3) is 0 Å². The Hall–Kier alpha value is -0.910. The van der Waals surface area contributed by atoms with E-state index in [1.165, 1.54) is 0 Å². The van der Waals surface area contributed by atoms with E-state index in [4.69, 9.17) is 11.6 Å². The first-order chi connectivity index (χ1) is 10.0. The number of aromatic nitrogens is 2. The molecule has 0 spiro atoms. The number of piperazine rings is 1. The Morgan fingerprint density at radius 1 is 1.24 bits per heavy atom. The highest BCUT2D eigenvalue weighted by molar-refractivity contribution is 6.30. The number of nitrogens with one attached hydrogen (secondary N) is 1. The monoisotopic (exact) mass is 311 g/mol. The van der Waals surface area contributed by atoms with Crippen molar-refractivity contribution in [2.45, 2.75) is 33.2 Å². The molecule has 1 aromatic rings. The Morgan fingerprint density at radius 2 is 1.90 bits per heavy atom. The van der Waals surface area contributed by atoms with Crippen LogP contribution < -0.4 is 5.32 Å². The van der Waals surface area contributed by atoms with Gasteiger partial charge in [-0.25, -0.2) is 9.97 Å². The molecule has 118 valence electrons. The van der Waals surface area contributed by atoms with Gasteiger partial charge in [-0.3, -0.25) is 4.90 Å². The van der Waals surface area contributed by atoms with Gasteiger partial charge in [-0.1, -0.05) is 18.5 Å². The second-order valence-electron chi connectivity index (χ2n) is 5.81. The van der Waals surface area contributed by atoms with Gasteiger partial charge < -0.3 is 10.2 Å². The van der Waals surface area contributed by atoms with Crippen molar-refractivity contribution >= 4 is 17.4 Å². The molecule has 6 heteroatoms. The molecule has 0 bridgehead atoms. The van der Waals surface area contributed by atoms with Crippen LogP contribution >= 0.6 is 11.6 Å². The van der Waals surface area contributed by atoms with Crippen molar-refractivity contribution in [2.24, 2.45) is 0 Å². The number of anilines is 1. The summed E-state index contributed by atoms with van der Waals surface area (Å²) in [5, 5.41) is 4.03. The van der Waals surface area contributed by atoms with Crippen molar-refractivity contribution in [1.29, 1.82) is 0 Å². The maximum Gasteiger partial charge on any atom is 0.138 e. The third kappa shape index (κ3) is 4.28. The molecule has 0 saturated carbocycles. The van der Waals surface area contributed by atoms with E-state index in [1.54, 1.807) is 0 Å². The molecule has 0 aromatic carbocycles. The summed E-state index contributed by atoms with van der Waals surface area (Å²) in [5.41, 5.74) is 1.01. The molecule has 0 aliphatic carbocycles. The lowest BCUT2D eigenvalue weighted by Gasteiger charge is -2.36. The lowest BCUT2D eigenvalue weighted by atomic mass is 10.2. The molecule has 5 nitrogen and oxygen atoms in total. The highest BCUT2D eigenvalue weighted by Gasteiger charge is 2.19. The number of hydrogen-bond donors (Lipinski definition) is 1. The third-order valence-corrected chi connectivity index (χ3v) is 4.46. The van der Waals surface area contributed by atoms with Gasteiger partial charge >= 0.3 is 0 Å². The predicted octanol–water partition coefficient (Wildman–Crippen LogP) is 2.05. The molecule has 1 unspecified atom stereocenters. The molecule has 0 amide bonds. The molecule has 1 aliphatic rings. The summed E-state index contributed by atoms with van der Waals surface area (Å²) in [4.78, 5) is 13.6. The molecule has 2 heterocycles. The van der Waals surface area contributed by atoms with Gasteiger partial charge in [0.2, 0.25) is 0 Å². The number of hydrogen-bond acceptors (Lipinski definition) is 5. The number of aryl methyl sites for hydroxylation is 1. The van der Waals surface area contributed by atoms with Crippen molar-refractivity contribution in [1.82, 2.24) is 19.8 Å². The minimum atomic E-state index is 0.484. The fraction of sp³-hybridized carbons (Fsp3) is 0.733. The normalized spacial score (nSPS) is 18.7. The fourth-order valence-corrected chi connectivity index (χ4v) is 3.00. The molecular weight excluding hydrogens is 286 g/mol.